The molecular weight excluding hydrogens is 431 g/mol. The fourth-order valence-corrected chi connectivity index (χ4v) is 2.95. The largest absolute Gasteiger partial charge is 0.494 e. The maximum Gasteiger partial charge on any atom is 0.343 e. The Hall–Kier alpha value is -3.21. The van der Waals surface area contributed by atoms with Gasteiger partial charge >= 0.3 is 5.97 Å². The Morgan fingerprint density at radius 2 is 1.87 bits per heavy atom. The van der Waals surface area contributed by atoms with E-state index in [0.717, 1.165) is 0 Å². The molecule has 1 N–H and O–H groups in total. The molecule has 2 aromatic carbocycles. The van der Waals surface area contributed by atoms with Crippen molar-refractivity contribution in [2.45, 2.75) is 6.92 Å². The van der Waals surface area contributed by atoms with Gasteiger partial charge in [0.2, 0.25) is 0 Å². The highest BCUT2D eigenvalue weighted by Gasteiger charge is 2.14. The molecule has 0 atom stereocenters. The molecule has 0 aliphatic heterocycles. The van der Waals surface area contributed by atoms with Crippen LogP contribution in [0.4, 0.5) is 5.69 Å². The lowest BCUT2D eigenvalue weighted by Crippen LogP contribution is -2.13. The minimum atomic E-state index is -0.607. The molecule has 0 aliphatic carbocycles. The quantitative estimate of drug-likeness (QED) is 0.362. The van der Waals surface area contributed by atoms with Gasteiger partial charge < -0.3 is 19.5 Å². The van der Waals surface area contributed by atoms with E-state index in [1.165, 1.54) is 25.3 Å². The summed E-state index contributed by atoms with van der Waals surface area (Å²) in [6.07, 6.45) is 1.34. The lowest BCUT2D eigenvalue weighted by molar-refractivity contribution is -0.142. The zero-order valence-corrected chi connectivity index (χ0v) is 17.7. The topological polar surface area (TPSA) is 97.6 Å². The van der Waals surface area contributed by atoms with Crippen molar-refractivity contribution in [1.82, 2.24) is 0 Å². The Labute approximate surface area is 183 Å². The summed E-state index contributed by atoms with van der Waals surface area (Å²) in [5, 5.41) is 12.3. The highest BCUT2D eigenvalue weighted by atomic mass is 35.5. The predicted octanol–water partition coefficient (Wildman–Crippen LogP) is 4.49. The summed E-state index contributed by atoms with van der Waals surface area (Å²) in [6.45, 7) is 1.98. The van der Waals surface area contributed by atoms with Gasteiger partial charge in [0.25, 0.3) is 5.91 Å². The summed E-state index contributed by atoms with van der Waals surface area (Å²) in [6, 6.07) is 11.6. The normalized spacial score (nSPS) is 10.7. The molecule has 0 unspecified atom stereocenters. The Balaban J connectivity index is 2.20. The minimum absolute atomic E-state index is 0.0941. The molecule has 0 aliphatic rings. The number of hydrogen-bond acceptors (Lipinski definition) is 6. The van der Waals surface area contributed by atoms with Crippen molar-refractivity contribution >= 4 is 46.8 Å². The lowest BCUT2D eigenvalue weighted by atomic mass is 10.1. The maximum atomic E-state index is 12.5. The number of esters is 1. The van der Waals surface area contributed by atoms with Gasteiger partial charge in [-0.2, -0.15) is 5.26 Å². The van der Waals surface area contributed by atoms with E-state index in [0.29, 0.717) is 23.6 Å². The molecule has 2 rings (SSSR count). The van der Waals surface area contributed by atoms with Gasteiger partial charge in [-0.1, -0.05) is 29.3 Å². The molecule has 1 amide bonds. The Morgan fingerprint density at radius 3 is 2.47 bits per heavy atom. The standard InChI is InChI=1S/C21H18Cl2N2O5/c1-3-29-16-6-4-5-15(10-16)25-21(27)14(11-24)7-13-8-17(22)20(18(23)9-13)30-12-19(26)28-2/h4-10H,3,12H2,1-2H3,(H,25,27)/b14-7-. The molecule has 156 valence electrons. The van der Waals surface area contributed by atoms with E-state index in [1.807, 2.05) is 13.0 Å². The highest BCUT2D eigenvalue weighted by Crippen LogP contribution is 2.35. The molecular formula is C21H18Cl2N2O5. The summed E-state index contributed by atoms with van der Waals surface area (Å²) in [5.41, 5.74) is 0.729. The number of benzene rings is 2. The Kier molecular flexibility index (Phi) is 8.54. The molecule has 9 heteroatoms. The summed E-state index contributed by atoms with van der Waals surface area (Å²) in [4.78, 5) is 23.7. The first-order valence-corrected chi connectivity index (χ1v) is 9.48. The van der Waals surface area contributed by atoms with Gasteiger partial charge in [-0.05, 0) is 42.8 Å². The summed E-state index contributed by atoms with van der Waals surface area (Å²) < 4.78 is 15.1. The Morgan fingerprint density at radius 1 is 1.17 bits per heavy atom. The number of hydrogen-bond donors (Lipinski definition) is 1. The van der Waals surface area contributed by atoms with E-state index in [-0.39, 0.29) is 28.0 Å². The van der Waals surface area contributed by atoms with Gasteiger partial charge in [-0.15, -0.1) is 0 Å². The van der Waals surface area contributed by atoms with E-state index in [2.05, 4.69) is 10.1 Å². The number of anilines is 1. The second-order valence-electron chi connectivity index (χ2n) is 5.76. The fraction of sp³-hybridized carbons (Fsp3) is 0.190. The second-order valence-corrected chi connectivity index (χ2v) is 6.58. The van der Waals surface area contributed by atoms with Crippen LogP contribution in [0.15, 0.2) is 42.0 Å². The zero-order valence-electron chi connectivity index (χ0n) is 16.2. The van der Waals surface area contributed by atoms with Gasteiger partial charge in [0, 0.05) is 11.8 Å². The van der Waals surface area contributed by atoms with Crippen molar-refractivity contribution in [3.63, 3.8) is 0 Å². The number of amides is 1. The number of nitriles is 1. The highest BCUT2D eigenvalue weighted by molar-refractivity contribution is 6.37. The van der Waals surface area contributed by atoms with Crippen molar-refractivity contribution in [3.8, 4) is 17.6 Å². The molecule has 0 bridgehead atoms. The zero-order chi connectivity index (χ0) is 22.1. The second kappa shape index (κ2) is 11.1. The van der Waals surface area contributed by atoms with Gasteiger partial charge in [0.15, 0.2) is 12.4 Å². The first kappa shape index (κ1) is 23.1. The molecule has 0 saturated heterocycles. The lowest BCUT2D eigenvalue weighted by Gasteiger charge is -2.10. The number of ether oxygens (including phenoxy) is 3. The SMILES string of the molecule is CCOc1cccc(NC(=O)/C(C#N)=C\c2cc(Cl)c(OCC(=O)OC)c(Cl)c2)c1. The molecule has 0 spiro atoms. The van der Waals surface area contributed by atoms with Gasteiger partial charge in [-0.3, -0.25) is 4.79 Å². The van der Waals surface area contributed by atoms with Crippen LogP contribution in [-0.2, 0) is 14.3 Å². The number of halogens is 2. The minimum Gasteiger partial charge on any atom is -0.494 e. The van der Waals surface area contributed by atoms with Gasteiger partial charge in [0.1, 0.15) is 17.4 Å². The van der Waals surface area contributed by atoms with E-state index >= 15 is 0 Å². The van der Waals surface area contributed by atoms with E-state index < -0.39 is 11.9 Å². The van der Waals surface area contributed by atoms with Gasteiger partial charge in [0.05, 0.1) is 23.8 Å². The molecule has 0 saturated carbocycles. The van der Waals surface area contributed by atoms with Crippen LogP contribution in [0, 0.1) is 11.3 Å². The smallest absolute Gasteiger partial charge is 0.343 e. The predicted molar refractivity (Wildman–Crippen MR) is 114 cm³/mol. The van der Waals surface area contributed by atoms with Crippen LogP contribution in [-0.4, -0.2) is 32.2 Å². The average Bonchev–Trinajstić information content (AvgIpc) is 2.71. The van der Waals surface area contributed by atoms with Crippen LogP contribution in [0.25, 0.3) is 6.08 Å². The number of nitrogens with one attached hydrogen (secondary N) is 1. The number of carbonyl (C=O) groups is 2. The van der Waals surface area contributed by atoms with Crippen molar-refractivity contribution in [3.05, 3.63) is 57.6 Å². The fourth-order valence-electron chi connectivity index (χ4n) is 2.33. The maximum absolute atomic E-state index is 12.5. The third kappa shape index (κ3) is 6.41. The third-order valence-electron chi connectivity index (χ3n) is 3.66. The van der Waals surface area contributed by atoms with Crippen LogP contribution < -0.4 is 14.8 Å². The van der Waals surface area contributed by atoms with Crippen molar-refractivity contribution in [1.29, 1.82) is 5.26 Å². The first-order valence-electron chi connectivity index (χ1n) is 8.72. The van der Waals surface area contributed by atoms with Crippen molar-refractivity contribution < 1.29 is 23.8 Å². The summed E-state index contributed by atoms with van der Waals surface area (Å²) >= 11 is 12.3. The van der Waals surface area contributed by atoms with Gasteiger partial charge in [-0.25, -0.2) is 4.79 Å². The first-order chi connectivity index (χ1) is 14.4. The van der Waals surface area contributed by atoms with E-state index in [4.69, 9.17) is 32.7 Å². The summed E-state index contributed by atoms with van der Waals surface area (Å²) in [7, 11) is 1.23. The van der Waals surface area contributed by atoms with Crippen LogP contribution in [0.3, 0.4) is 0 Å². The Bertz CT molecular complexity index is 992. The number of carbonyl (C=O) groups excluding carboxylic acids is 2. The summed E-state index contributed by atoms with van der Waals surface area (Å²) in [5.74, 6) is -0.511. The third-order valence-corrected chi connectivity index (χ3v) is 4.22. The number of rotatable bonds is 8. The molecule has 0 heterocycles. The molecule has 30 heavy (non-hydrogen) atoms. The average molecular weight is 449 g/mol. The van der Waals surface area contributed by atoms with Crippen molar-refractivity contribution in [2.75, 3.05) is 25.6 Å². The molecule has 7 nitrogen and oxygen atoms in total. The molecule has 0 aromatic heterocycles. The molecule has 0 radical (unpaired) electrons. The van der Waals surface area contributed by atoms with Crippen molar-refractivity contribution in [2.24, 2.45) is 0 Å². The van der Waals surface area contributed by atoms with Crippen LogP contribution >= 0.6 is 23.2 Å². The van der Waals surface area contributed by atoms with Crippen LogP contribution in [0.2, 0.25) is 10.0 Å². The monoisotopic (exact) mass is 448 g/mol. The molecule has 0 fully saturated rings. The number of methoxy groups -OCH3 is 1. The number of nitrogens with zero attached hydrogens (tertiary/aromatic N) is 1. The molecule has 2 aromatic rings. The van der Waals surface area contributed by atoms with E-state index in [1.54, 1.807) is 24.3 Å². The van der Waals surface area contributed by atoms with Crippen LogP contribution in [0.1, 0.15) is 12.5 Å². The van der Waals surface area contributed by atoms with E-state index in [9.17, 15) is 14.9 Å². The van der Waals surface area contributed by atoms with Crippen LogP contribution in [0.5, 0.6) is 11.5 Å².